The fourth-order valence-corrected chi connectivity index (χ4v) is 6.79. The van der Waals surface area contributed by atoms with E-state index in [4.69, 9.17) is 0 Å². The van der Waals surface area contributed by atoms with Crippen molar-refractivity contribution in [2.75, 3.05) is 6.54 Å². The van der Waals surface area contributed by atoms with Gasteiger partial charge in [-0.2, -0.15) is 13.2 Å². The summed E-state index contributed by atoms with van der Waals surface area (Å²) < 4.78 is 83.9. The molecule has 184 valence electrons. The summed E-state index contributed by atoms with van der Waals surface area (Å²) in [6.45, 7) is 3.95. The summed E-state index contributed by atoms with van der Waals surface area (Å²) in [6.07, 6.45) is -9.50. The van der Waals surface area contributed by atoms with Crippen molar-refractivity contribution in [3.63, 3.8) is 0 Å². The lowest BCUT2D eigenvalue weighted by molar-refractivity contribution is -0.203. The minimum Gasteiger partial charge on any atom is -0.354 e. The highest BCUT2D eigenvalue weighted by molar-refractivity contribution is 5.79. The summed E-state index contributed by atoms with van der Waals surface area (Å²) in [6, 6.07) is -2.17. The van der Waals surface area contributed by atoms with Gasteiger partial charge in [0.2, 0.25) is 5.91 Å². The Morgan fingerprint density at radius 3 is 2.31 bits per heavy atom. The van der Waals surface area contributed by atoms with E-state index < -0.39 is 60.4 Å². The Balaban J connectivity index is 1.52. The van der Waals surface area contributed by atoms with E-state index in [9.17, 15) is 31.1 Å². The van der Waals surface area contributed by atoms with Gasteiger partial charge in [-0.25, -0.2) is 13.2 Å². The number of fused-ring (bicyclic) bond motifs is 2. The van der Waals surface area contributed by atoms with Crippen molar-refractivity contribution >= 4 is 5.91 Å². The van der Waals surface area contributed by atoms with E-state index in [0.29, 0.717) is 19.4 Å². The first kappa shape index (κ1) is 24.1. The van der Waals surface area contributed by atoms with Crippen molar-refractivity contribution in [3.8, 4) is 0 Å². The molecule has 0 aromatic rings. The third kappa shape index (κ3) is 4.38. The molecule has 32 heavy (non-hydrogen) atoms. The summed E-state index contributed by atoms with van der Waals surface area (Å²) in [5.74, 6) is -3.44. The number of amides is 1. The number of carbonyl (C=O) groups excluding carboxylic acids is 1. The molecule has 0 aromatic heterocycles. The van der Waals surface area contributed by atoms with E-state index >= 15 is 0 Å². The van der Waals surface area contributed by atoms with E-state index in [2.05, 4.69) is 16.0 Å². The van der Waals surface area contributed by atoms with Gasteiger partial charge in [-0.15, -0.1) is 0 Å². The van der Waals surface area contributed by atoms with Crippen LogP contribution in [0.15, 0.2) is 0 Å². The van der Waals surface area contributed by atoms with Crippen LogP contribution in [0, 0.1) is 29.6 Å². The van der Waals surface area contributed by atoms with Gasteiger partial charge in [0, 0.05) is 36.6 Å². The van der Waals surface area contributed by atoms with Crippen molar-refractivity contribution in [1.82, 2.24) is 16.0 Å². The van der Waals surface area contributed by atoms with E-state index in [1.165, 1.54) is 0 Å². The molecule has 4 rings (SSSR count). The van der Waals surface area contributed by atoms with Gasteiger partial charge in [-0.05, 0) is 63.7 Å². The summed E-state index contributed by atoms with van der Waals surface area (Å²) in [4.78, 5) is 12.7. The molecule has 2 aliphatic carbocycles. The number of halogens is 6. The fraction of sp³-hybridized carbons (Fsp3) is 0.955. The molecule has 3 N–H and O–H groups in total. The monoisotopic (exact) mass is 469 g/mol. The molecule has 2 saturated carbocycles. The first-order chi connectivity index (χ1) is 15.0. The molecule has 0 spiro atoms. The Hall–Kier alpha value is -1.03. The van der Waals surface area contributed by atoms with Crippen molar-refractivity contribution in [2.45, 2.75) is 94.8 Å². The lowest BCUT2D eigenvalue weighted by Crippen LogP contribution is -2.62. The zero-order valence-electron chi connectivity index (χ0n) is 18.3. The Bertz CT molecular complexity index is 691. The van der Waals surface area contributed by atoms with Crippen LogP contribution in [-0.4, -0.2) is 61.3 Å². The van der Waals surface area contributed by atoms with Crippen LogP contribution in [0.4, 0.5) is 26.3 Å². The third-order valence-electron chi connectivity index (χ3n) is 8.21. The van der Waals surface area contributed by atoms with E-state index in [1.807, 2.05) is 13.8 Å². The molecule has 11 atom stereocenters. The van der Waals surface area contributed by atoms with Crippen LogP contribution in [0.25, 0.3) is 0 Å². The summed E-state index contributed by atoms with van der Waals surface area (Å²) in [5.41, 5.74) is 0. The number of rotatable bonds is 3. The van der Waals surface area contributed by atoms with Gasteiger partial charge in [0.05, 0.1) is 5.92 Å². The molecule has 2 heterocycles. The maximum atomic E-state index is 14.4. The molecular formula is C22H33F6N3O. The maximum Gasteiger partial charge on any atom is 0.393 e. The first-order valence-corrected chi connectivity index (χ1v) is 11.8. The van der Waals surface area contributed by atoms with Crippen LogP contribution in [0.5, 0.6) is 0 Å². The van der Waals surface area contributed by atoms with Gasteiger partial charge in [-0.1, -0.05) is 0 Å². The maximum absolute atomic E-state index is 14.4. The highest BCUT2D eigenvalue weighted by atomic mass is 19.4. The zero-order valence-corrected chi connectivity index (χ0v) is 18.3. The van der Waals surface area contributed by atoms with Crippen LogP contribution in [0.1, 0.15) is 46.0 Å². The number of carbonyl (C=O) groups is 1. The Morgan fingerprint density at radius 2 is 1.66 bits per heavy atom. The number of piperidine rings is 1. The summed E-state index contributed by atoms with van der Waals surface area (Å²) in [5, 5.41) is 8.99. The standard InChI is InChI=1S/C22H33F6N3O/c1-9(2)30-21(32)11-3-5-14(22(26,27)28)19-10(11)4-6-16(31-19)13-8-29-20-12(13)7-15(23)17(24)18(20)25/h9-20,29,31H,3-8H2,1-2H3,(H,30,32). The van der Waals surface area contributed by atoms with Gasteiger partial charge in [0.15, 0.2) is 6.17 Å². The molecule has 0 bridgehead atoms. The SMILES string of the molecule is CC(C)NC(=O)C1CCC(C(F)(F)F)C2NC(C3CNC4C(F)C(F)C(F)CC34)CCC12. The largest absolute Gasteiger partial charge is 0.393 e. The molecular weight excluding hydrogens is 436 g/mol. The molecule has 4 aliphatic rings. The highest BCUT2D eigenvalue weighted by Gasteiger charge is 2.57. The lowest BCUT2D eigenvalue weighted by atomic mass is 9.64. The van der Waals surface area contributed by atoms with Crippen molar-refractivity contribution < 1.29 is 31.1 Å². The van der Waals surface area contributed by atoms with E-state index in [1.54, 1.807) is 0 Å². The quantitative estimate of drug-likeness (QED) is 0.555. The first-order valence-electron chi connectivity index (χ1n) is 11.8. The minimum absolute atomic E-state index is 0.0972. The lowest BCUT2D eigenvalue weighted by Gasteiger charge is -2.50. The predicted molar refractivity (Wildman–Crippen MR) is 107 cm³/mol. The predicted octanol–water partition coefficient (Wildman–Crippen LogP) is 3.46. The number of hydrogen-bond acceptors (Lipinski definition) is 3. The molecule has 0 radical (unpaired) electrons. The van der Waals surface area contributed by atoms with Crippen LogP contribution in [-0.2, 0) is 4.79 Å². The van der Waals surface area contributed by atoms with Crippen LogP contribution in [0.2, 0.25) is 0 Å². The van der Waals surface area contributed by atoms with Gasteiger partial charge in [0.25, 0.3) is 0 Å². The summed E-state index contributed by atoms with van der Waals surface area (Å²) in [7, 11) is 0. The van der Waals surface area contributed by atoms with Crippen molar-refractivity contribution in [1.29, 1.82) is 0 Å². The van der Waals surface area contributed by atoms with E-state index in [-0.39, 0.29) is 43.2 Å². The second-order valence-corrected chi connectivity index (χ2v) is 10.4. The zero-order chi connectivity index (χ0) is 23.4. The second kappa shape index (κ2) is 8.96. The Morgan fingerprint density at radius 1 is 0.938 bits per heavy atom. The van der Waals surface area contributed by atoms with E-state index in [0.717, 1.165) is 0 Å². The number of nitrogens with one attached hydrogen (secondary N) is 3. The van der Waals surface area contributed by atoms with Crippen molar-refractivity contribution in [2.24, 2.45) is 29.6 Å². The molecule has 4 nitrogen and oxygen atoms in total. The van der Waals surface area contributed by atoms with Gasteiger partial charge in [-0.3, -0.25) is 4.79 Å². The molecule has 2 saturated heterocycles. The molecule has 2 aliphatic heterocycles. The molecule has 10 heteroatoms. The van der Waals surface area contributed by atoms with Crippen LogP contribution >= 0.6 is 0 Å². The van der Waals surface area contributed by atoms with Gasteiger partial charge < -0.3 is 16.0 Å². The third-order valence-corrected chi connectivity index (χ3v) is 8.21. The van der Waals surface area contributed by atoms with Gasteiger partial charge >= 0.3 is 6.18 Å². The normalized spacial score (nSPS) is 47.1. The van der Waals surface area contributed by atoms with Crippen molar-refractivity contribution in [3.05, 3.63) is 0 Å². The Kier molecular flexibility index (Phi) is 6.75. The fourth-order valence-electron chi connectivity index (χ4n) is 6.79. The second-order valence-electron chi connectivity index (χ2n) is 10.4. The van der Waals surface area contributed by atoms with Crippen LogP contribution in [0.3, 0.4) is 0 Å². The molecule has 1 amide bonds. The van der Waals surface area contributed by atoms with Crippen LogP contribution < -0.4 is 16.0 Å². The minimum atomic E-state index is -4.39. The Labute approximate surface area is 184 Å². The average molecular weight is 470 g/mol. The van der Waals surface area contributed by atoms with Gasteiger partial charge in [0.1, 0.15) is 12.3 Å². The number of hydrogen-bond donors (Lipinski definition) is 3. The molecule has 4 fully saturated rings. The molecule has 0 aromatic carbocycles. The topological polar surface area (TPSA) is 53.2 Å². The highest BCUT2D eigenvalue weighted by Crippen LogP contribution is 2.48. The smallest absolute Gasteiger partial charge is 0.354 e. The molecule has 11 unspecified atom stereocenters. The average Bonchev–Trinajstić information content (AvgIpc) is 3.13. The summed E-state index contributed by atoms with van der Waals surface area (Å²) >= 11 is 0. The number of alkyl halides is 6.